The molecule has 0 aromatic carbocycles. The number of hydrogen-bond acceptors (Lipinski definition) is 3. The molecule has 0 bridgehead atoms. The molecule has 1 N–H and O–H groups in total. The fourth-order valence-electron chi connectivity index (χ4n) is 0.777. The number of nitrogens with zero attached hydrogens (tertiary/aromatic N) is 1. The van der Waals surface area contributed by atoms with E-state index in [1.807, 2.05) is 13.8 Å². The van der Waals surface area contributed by atoms with Crippen molar-refractivity contribution in [3.05, 3.63) is 0 Å². The van der Waals surface area contributed by atoms with E-state index in [0.29, 0.717) is 0 Å². The molecule has 0 spiro atoms. The maximum atomic E-state index is 3.53. The van der Waals surface area contributed by atoms with Crippen LogP contribution in [-0.2, 0) is 0 Å². The summed E-state index contributed by atoms with van der Waals surface area (Å²) in [6.07, 6.45) is 1.69. The first-order chi connectivity index (χ1) is 5.39. The fraction of sp³-hybridized carbons (Fsp3) is 1.00. The van der Waals surface area contributed by atoms with Crippen molar-refractivity contribution in [2.24, 2.45) is 0 Å². The van der Waals surface area contributed by atoms with Crippen LogP contribution in [-0.4, -0.2) is 44.4 Å². The van der Waals surface area contributed by atoms with Crippen molar-refractivity contribution < 1.29 is 0 Å². The highest BCUT2D eigenvalue weighted by molar-refractivity contribution is 7.79. The molecule has 0 aromatic heterocycles. The second-order valence-electron chi connectivity index (χ2n) is 2.05. The van der Waals surface area contributed by atoms with E-state index < -0.39 is 0 Å². The van der Waals surface area contributed by atoms with Crippen LogP contribution in [0, 0.1) is 0 Å². The first-order valence-electron chi connectivity index (χ1n) is 4.23. The van der Waals surface area contributed by atoms with Gasteiger partial charge in [0.05, 0.1) is 0 Å². The predicted octanol–water partition coefficient (Wildman–Crippen LogP) is 1.09. The Morgan fingerprint density at radius 2 is 1.45 bits per heavy atom. The maximum absolute atomic E-state index is 3.53. The summed E-state index contributed by atoms with van der Waals surface area (Å²) in [5.41, 5.74) is 0. The van der Waals surface area contributed by atoms with Crippen molar-refractivity contribution in [2.75, 3.05) is 39.5 Å². The van der Waals surface area contributed by atoms with E-state index in [0.717, 1.165) is 13.1 Å². The Hall–Kier alpha value is 0.270. The number of thiol groups is 1. The van der Waals surface area contributed by atoms with Crippen molar-refractivity contribution in [1.82, 2.24) is 10.2 Å². The Morgan fingerprint density at radius 1 is 1.09 bits per heavy atom. The largest absolute Gasteiger partial charge is 0.314 e. The summed E-state index contributed by atoms with van der Waals surface area (Å²) in [4.78, 5) is 2.33. The summed E-state index contributed by atoms with van der Waals surface area (Å²) in [7, 11) is 2.15. The second kappa shape index (κ2) is 12.9. The standard InChI is InChI=1S/C5H12N2.C2H6.CH4S/c1-7-4-2-6-3-5-7;2*1-2/h6H,2-5H2,1H3;1-2H3;2H,1H3. The van der Waals surface area contributed by atoms with Crippen LogP contribution in [0.1, 0.15) is 13.8 Å². The molecule has 70 valence electrons. The number of rotatable bonds is 0. The molecular weight excluding hydrogens is 156 g/mol. The summed E-state index contributed by atoms with van der Waals surface area (Å²) in [6.45, 7) is 8.74. The Morgan fingerprint density at radius 3 is 1.64 bits per heavy atom. The zero-order chi connectivity index (χ0) is 9.11. The minimum atomic E-state index is 1.16. The van der Waals surface area contributed by atoms with Crippen molar-refractivity contribution >= 4 is 12.6 Å². The molecule has 0 aliphatic carbocycles. The van der Waals surface area contributed by atoms with E-state index in [1.165, 1.54) is 13.1 Å². The van der Waals surface area contributed by atoms with Gasteiger partial charge < -0.3 is 10.2 Å². The Bertz CT molecular complexity index is 54.1. The topological polar surface area (TPSA) is 15.3 Å². The maximum Gasteiger partial charge on any atom is 0.0104 e. The zero-order valence-electron chi connectivity index (χ0n) is 8.22. The van der Waals surface area contributed by atoms with E-state index >= 15 is 0 Å². The summed E-state index contributed by atoms with van der Waals surface area (Å²) in [6, 6.07) is 0. The quantitative estimate of drug-likeness (QED) is 0.540. The third-order valence-electron chi connectivity index (χ3n) is 1.34. The lowest BCUT2D eigenvalue weighted by Gasteiger charge is -2.21. The minimum Gasteiger partial charge on any atom is -0.314 e. The monoisotopic (exact) mass is 178 g/mol. The van der Waals surface area contributed by atoms with Crippen LogP contribution in [0.2, 0.25) is 0 Å². The number of piperazine rings is 1. The van der Waals surface area contributed by atoms with Crippen LogP contribution in [0.4, 0.5) is 0 Å². The molecule has 11 heavy (non-hydrogen) atoms. The van der Waals surface area contributed by atoms with Crippen LogP contribution in [0.25, 0.3) is 0 Å². The molecule has 0 aromatic rings. The van der Waals surface area contributed by atoms with Gasteiger partial charge in [0.2, 0.25) is 0 Å². The molecular formula is C8H22N2S. The molecule has 0 atom stereocenters. The predicted molar refractivity (Wildman–Crippen MR) is 56.6 cm³/mol. The van der Waals surface area contributed by atoms with Gasteiger partial charge in [0.15, 0.2) is 0 Å². The molecule has 1 aliphatic heterocycles. The van der Waals surface area contributed by atoms with Gasteiger partial charge >= 0.3 is 0 Å². The van der Waals surface area contributed by atoms with Crippen LogP contribution >= 0.6 is 12.6 Å². The number of likely N-dealkylation sites (N-methyl/N-ethyl adjacent to an activating group) is 1. The van der Waals surface area contributed by atoms with Gasteiger partial charge in [-0.1, -0.05) is 13.8 Å². The lowest BCUT2D eigenvalue weighted by Crippen LogP contribution is -2.40. The molecule has 1 rings (SSSR count). The highest BCUT2D eigenvalue weighted by atomic mass is 32.1. The zero-order valence-corrected chi connectivity index (χ0v) is 9.12. The summed E-state index contributed by atoms with van der Waals surface area (Å²) in [5.74, 6) is 0. The highest BCUT2D eigenvalue weighted by Gasteiger charge is 2.01. The molecule has 1 saturated heterocycles. The molecule has 0 saturated carbocycles. The number of hydrogen-bond donors (Lipinski definition) is 2. The first kappa shape index (κ1) is 13.8. The van der Waals surface area contributed by atoms with Gasteiger partial charge in [-0.3, -0.25) is 0 Å². The lowest BCUT2D eigenvalue weighted by atomic mass is 10.4. The fourth-order valence-corrected chi connectivity index (χ4v) is 0.777. The molecule has 0 amide bonds. The van der Waals surface area contributed by atoms with Crippen molar-refractivity contribution in [1.29, 1.82) is 0 Å². The van der Waals surface area contributed by atoms with Gasteiger partial charge in [-0.05, 0) is 13.3 Å². The lowest BCUT2D eigenvalue weighted by molar-refractivity contribution is 0.291. The summed E-state index contributed by atoms with van der Waals surface area (Å²) >= 11 is 3.53. The SMILES string of the molecule is CC.CN1CCNCC1.CS. The summed E-state index contributed by atoms with van der Waals surface area (Å²) in [5, 5.41) is 3.27. The van der Waals surface area contributed by atoms with E-state index in [-0.39, 0.29) is 0 Å². The van der Waals surface area contributed by atoms with Gasteiger partial charge in [-0.15, -0.1) is 0 Å². The Kier molecular flexibility index (Phi) is 16.2. The van der Waals surface area contributed by atoms with Crippen molar-refractivity contribution in [3.63, 3.8) is 0 Å². The molecule has 3 heteroatoms. The average Bonchev–Trinajstić information content (AvgIpc) is 2.13. The molecule has 2 nitrogen and oxygen atoms in total. The van der Waals surface area contributed by atoms with Crippen LogP contribution in [0.5, 0.6) is 0 Å². The van der Waals surface area contributed by atoms with Gasteiger partial charge in [-0.25, -0.2) is 0 Å². The molecule has 1 aliphatic rings. The first-order valence-corrected chi connectivity index (χ1v) is 5.13. The van der Waals surface area contributed by atoms with Crippen molar-refractivity contribution in [2.45, 2.75) is 13.8 Å². The van der Waals surface area contributed by atoms with E-state index in [4.69, 9.17) is 0 Å². The molecule has 0 unspecified atom stereocenters. The second-order valence-corrected chi connectivity index (χ2v) is 2.05. The third-order valence-corrected chi connectivity index (χ3v) is 1.34. The smallest absolute Gasteiger partial charge is 0.0104 e. The van der Waals surface area contributed by atoms with Crippen LogP contribution in [0.3, 0.4) is 0 Å². The van der Waals surface area contributed by atoms with Gasteiger partial charge in [-0.2, -0.15) is 12.6 Å². The van der Waals surface area contributed by atoms with E-state index in [2.05, 4.69) is 29.9 Å². The molecule has 1 heterocycles. The highest BCUT2D eigenvalue weighted by Crippen LogP contribution is 1.82. The van der Waals surface area contributed by atoms with Crippen molar-refractivity contribution in [3.8, 4) is 0 Å². The van der Waals surface area contributed by atoms with Crippen LogP contribution < -0.4 is 5.32 Å². The molecule has 1 fully saturated rings. The number of nitrogens with one attached hydrogen (secondary N) is 1. The van der Waals surface area contributed by atoms with Crippen LogP contribution in [0.15, 0.2) is 0 Å². The average molecular weight is 178 g/mol. The summed E-state index contributed by atoms with van der Waals surface area (Å²) < 4.78 is 0. The third kappa shape index (κ3) is 10.3. The molecule has 0 radical (unpaired) electrons. The van der Waals surface area contributed by atoms with Gasteiger partial charge in [0.25, 0.3) is 0 Å². The minimum absolute atomic E-state index is 1.16. The Balaban J connectivity index is 0. The van der Waals surface area contributed by atoms with Gasteiger partial charge in [0.1, 0.15) is 0 Å². The van der Waals surface area contributed by atoms with E-state index in [9.17, 15) is 0 Å². The van der Waals surface area contributed by atoms with Gasteiger partial charge in [0, 0.05) is 26.2 Å². The normalized spacial score (nSPS) is 17.2. The Labute approximate surface area is 76.8 Å². The van der Waals surface area contributed by atoms with E-state index in [1.54, 1.807) is 6.26 Å².